The molecule has 3 N–H and O–H groups in total. The number of carboxylic acid groups (broad SMARTS) is 1. The van der Waals surface area contributed by atoms with E-state index in [1.54, 1.807) is 12.1 Å². The number of nitro groups is 1. The number of carbonyl (C=O) groups excluding carboxylic acids is 1. The monoisotopic (exact) mass is 495 g/mol. The third kappa shape index (κ3) is 6.77. The molecule has 0 spiro atoms. The molecule has 1 amide bonds. The second kappa shape index (κ2) is 12.4. The van der Waals surface area contributed by atoms with Gasteiger partial charge in [0.15, 0.2) is 0 Å². The number of nitrogens with zero attached hydrogens (tertiary/aromatic N) is 1. The van der Waals surface area contributed by atoms with Crippen LogP contribution in [-0.4, -0.2) is 46.2 Å². The summed E-state index contributed by atoms with van der Waals surface area (Å²) in [4.78, 5) is 35.2. The molecule has 36 heavy (non-hydrogen) atoms. The van der Waals surface area contributed by atoms with Gasteiger partial charge in [-0.15, -0.1) is 0 Å². The van der Waals surface area contributed by atoms with Gasteiger partial charge in [0.2, 0.25) is 5.91 Å². The summed E-state index contributed by atoms with van der Waals surface area (Å²) in [5.74, 6) is -1.29. The molecular weight excluding hydrogens is 462 g/mol. The number of nitrogens with one attached hydrogen (secondary N) is 2. The summed E-state index contributed by atoms with van der Waals surface area (Å²) < 4.78 is 6.20. The summed E-state index contributed by atoms with van der Waals surface area (Å²) in [5.41, 5.74) is 2.14. The maximum Gasteiger partial charge on any atom is 0.331 e. The fraction of sp³-hybridized carbons (Fsp3) is 0.407. The molecular formula is C27H33N3O6. The molecule has 0 radical (unpaired) electrons. The average Bonchev–Trinajstić information content (AvgIpc) is 2.86. The predicted octanol–water partition coefficient (Wildman–Crippen LogP) is 4.21. The minimum absolute atomic E-state index is 0.0105. The fourth-order valence-electron chi connectivity index (χ4n) is 4.51. The van der Waals surface area contributed by atoms with Gasteiger partial charge < -0.3 is 20.5 Å². The van der Waals surface area contributed by atoms with Crippen LogP contribution in [0.3, 0.4) is 0 Å². The molecule has 0 saturated heterocycles. The van der Waals surface area contributed by atoms with Crippen molar-refractivity contribution in [1.82, 2.24) is 10.6 Å². The van der Waals surface area contributed by atoms with Crippen molar-refractivity contribution < 1.29 is 24.4 Å². The van der Waals surface area contributed by atoms with E-state index >= 15 is 0 Å². The van der Waals surface area contributed by atoms with Gasteiger partial charge in [0.05, 0.1) is 28.7 Å². The Morgan fingerprint density at radius 2 is 1.86 bits per heavy atom. The predicted molar refractivity (Wildman–Crippen MR) is 136 cm³/mol. The number of ether oxygens (including phenoxy) is 1. The molecule has 1 aliphatic rings. The smallest absolute Gasteiger partial charge is 0.331 e. The number of aliphatic carboxylic acids is 1. The van der Waals surface area contributed by atoms with Gasteiger partial charge in [0, 0.05) is 31.1 Å². The van der Waals surface area contributed by atoms with Crippen LogP contribution in [0.2, 0.25) is 0 Å². The molecule has 3 rings (SSSR count). The third-order valence-corrected chi connectivity index (χ3v) is 6.41. The number of nitro benzene ring substituents is 1. The SMILES string of the molecule is CCC(CC)O[C@@H]1C=C(C(=O)O)C[C@H](NCc2ccc(-c3ccccc3)c([N+](=O)[O-])c2)[C@H]1NC(C)=O. The van der Waals surface area contributed by atoms with Gasteiger partial charge in [0.25, 0.3) is 5.69 Å². The fourth-order valence-corrected chi connectivity index (χ4v) is 4.51. The number of rotatable bonds is 11. The third-order valence-electron chi connectivity index (χ3n) is 6.41. The Bertz CT molecular complexity index is 1110. The van der Waals surface area contributed by atoms with Crippen LogP contribution in [-0.2, 0) is 20.9 Å². The first-order chi connectivity index (χ1) is 17.2. The van der Waals surface area contributed by atoms with E-state index in [-0.39, 0.29) is 36.2 Å². The van der Waals surface area contributed by atoms with Gasteiger partial charge in [-0.2, -0.15) is 0 Å². The van der Waals surface area contributed by atoms with Crippen LogP contribution < -0.4 is 10.6 Å². The van der Waals surface area contributed by atoms with E-state index in [1.165, 1.54) is 13.0 Å². The Balaban J connectivity index is 1.86. The van der Waals surface area contributed by atoms with E-state index in [2.05, 4.69) is 10.6 Å². The standard InChI is InChI=1S/C27H33N3O6/c1-4-21(5-2)36-25-15-20(27(32)33)14-23(26(25)29-17(3)31)28-16-18-11-12-22(24(13-18)30(34)35)19-9-7-6-8-10-19/h6-13,15,21,23,25-26,28H,4-5,14,16H2,1-3H3,(H,29,31)(H,32,33)/t23-,25+,26+/m0/s1. The highest BCUT2D eigenvalue weighted by atomic mass is 16.6. The number of carbonyl (C=O) groups is 2. The summed E-state index contributed by atoms with van der Waals surface area (Å²) in [5, 5.41) is 27.7. The minimum atomic E-state index is -1.04. The van der Waals surface area contributed by atoms with Crippen LogP contribution in [0.1, 0.15) is 45.6 Å². The van der Waals surface area contributed by atoms with Crippen molar-refractivity contribution in [3.05, 3.63) is 75.9 Å². The second-order valence-corrected chi connectivity index (χ2v) is 8.93. The average molecular weight is 496 g/mol. The maximum atomic E-state index is 12.0. The van der Waals surface area contributed by atoms with E-state index in [0.717, 1.165) is 18.4 Å². The Hall–Kier alpha value is -3.56. The number of carboxylic acids is 1. The zero-order chi connectivity index (χ0) is 26.2. The van der Waals surface area contributed by atoms with Gasteiger partial charge in [-0.25, -0.2) is 4.79 Å². The molecule has 2 aromatic carbocycles. The van der Waals surface area contributed by atoms with Gasteiger partial charge in [-0.05, 0) is 42.5 Å². The van der Waals surface area contributed by atoms with Crippen LogP contribution in [0, 0.1) is 10.1 Å². The Morgan fingerprint density at radius 1 is 1.17 bits per heavy atom. The van der Waals surface area contributed by atoms with Gasteiger partial charge in [0.1, 0.15) is 0 Å². The Kier molecular flexibility index (Phi) is 9.32. The van der Waals surface area contributed by atoms with Gasteiger partial charge in [-0.3, -0.25) is 14.9 Å². The minimum Gasteiger partial charge on any atom is -0.478 e. The van der Waals surface area contributed by atoms with Crippen molar-refractivity contribution in [3.8, 4) is 11.1 Å². The first-order valence-electron chi connectivity index (χ1n) is 12.2. The summed E-state index contributed by atoms with van der Waals surface area (Å²) >= 11 is 0. The lowest BCUT2D eigenvalue weighted by molar-refractivity contribution is -0.384. The molecule has 0 heterocycles. The van der Waals surface area contributed by atoms with Gasteiger partial charge >= 0.3 is 5.97 Å². The molecule has 9 heteroatoms. The molecule has 192 valence electrons. The summed E-state index contributed by atoms with van der Waals surface area (Å²) in [7, 11) is 0. The van der Waals surface area contributed by atoms with E-state index in [4.69, 9.17) is 4.74 Å². The lowest BCUT2D eigenvalue weighted by Gasteiger charge is -2.38. The van der Waals surface area contributed by atoms with E-state index < -0.39 is 29.1 Å². The van der Waals surface area contributed by atoms with E-state index in [0.29, 0.717) is 11.1 Å². The zero-order valence-electron chi connectivity index (χ0n) is 20.8. The Labute approximate surface area is 210 Å². The first-order valence-corrected chi connectivity index (χ1v) is 12.2. The lowest BCUT2D eigenvalue weighted by atomic mass is 9.87. The number of amides is 1. The van der Waals surface area contributed by atoms with E-state index in [9.17, 15) is 24.8 Å². The van der Waals surface area contributed by atoms with Crippen LogP contribution in [0.4, 0.5) is 5.69 Å². The lowest BCUT2D eigenvalue weighted by Crippen LogP contribution is -2.58. The molecule has 2 aromatic rings. The Morgan fingerprint density at radius 3 is 2.44 bits per heavy atom. The van der Waals surface area contributed by atoms with Crippen molar-refractivity contribution in [2.45, 2.75) is 70.9 Å². The normalized spacial score (nSPS) is 19.6. The second-order valence-electron chi connectivity index (χ2n) is 8.93. The number of hydrogen-bond donors (Lipinski definition) is 3. The summed E-state index contributed by atoms with van der Waals surface area (Å²) in [6.45, 7) is 5.65. The number of hydrogen-bond acceptors (Lipinski definition) is 6. The van der Waals surface area contributed by atoms with Crippen molar-refractivity contribution in [3.63, 3.8) is 0 Å². The molecule has 0 unspecified atom stereocenters. The van der Waals surface area contributed by atoms with Crippen molar-refractivity contribution in [2.24, 2.45) is 0 Å². The summed E-state index contributed by atoms with van der Waals surface area (Å²) in [6.07, 6.45) is 2.57. The number of benzene rings is 2. The largest absolute Gasteiger partial charge is 0.478 e. The molecule has 0 bridgehead atoms. The van der Waals surface area contributed by atoms with Crippen LogP contribution in [0.25, 0.3) is 11.1 Å². The quantitative estimate of drug-likeness (QED) is 0.314. The van der Waals surface area contributed by atoms with Crippen molar-refractivity contribution in [2.75, 3.05) is 0 Å². The highest BCUT2D eigenvalue weighted by Gasteiger charge is 2.37. The van der Waals surface area contributed by atoms with Crippen LogP contribution in [0.15, 0.2) is 60.2 Å². The molecule has 3 atom stereocenters. The van der Waals surface area contributed by atoms with Gasteiger partial charge in [-0.1, -0.05) is 50.2 Å². The van der Waals surface area contributed by atoms with E-state index in [1.807, 2.05) is 50.2 Å². The first kappa shape index (κ1) is 27.0. The highest BCUT2D eigenvalue weighted by molar-refractivity contribution is 5.87. The summed E-state index contributed by atoms with van der Waals surface area (Å²) in [6, 6.07) is 13.3. The molecule has 0 fully saturated rings. The molecule has 0 aromatic heterocycles. The molecule has 0 saturated carbocycles. The highest BCUT2D eigenvalue weighted by Crippen LogP contribution is 2.31. The van der Waals surface area contributed by atoms with Crippen molar-refractivity contribution >= 4 is 17.6 Å². The van der Waals surface area contributed by atoms with Crippen LogP contribution >= 0.6 is 0 Å². The molecule has 1 aliphatic carbocycles. The maximum absolute atomic E-state index is 12.0. The zero-order valence-corrected chi connectivity index (χ0v) is 20.8. The van der Waals surface area contributed by atoms with Crippen LogP contribution in [0.5, 0.6) is 0 Å². The molecule has 0 aliphatic heterocycles. The molecule has 9 nitrogen and oxygen atoms in total. The van der Waals surface area contributed by atoms with Crippen molar-refractivity contribution in [1.29, 1.82) is 0 Å². The topological polar surface area (TPSA) is 131 Å².